The van der Waals surface area contributed by atoms with Crippen LogP contribution in [0.1, 0.15) is 22.9 Å². The number of aryl methyl sites for hydroxylation is 1. The summed E-state index contributed by atoms with van der Waals surface area (Å²) >= 11 is 3.46. The Kier molecular flexibility index (Phi) is 4.50. The van der Waals surface area contributed by atoms with Crippen molar-refractivity contribution < 1.29 is 0 Å². The van der Waals surface area contributed by atoms with Crippen LogP contribution in [0.5, 0.6) is 0 Å². The van der Waals surface area contributed by atoms with E-state index in [0.29, 0.717) is 0 Å². The van der Waals surface area contributed by atoms with E-state index >= 15 is 0 Å². The molecule has 1 aromatic heterocycles. The van der Waals surface area contributed by atoms with Gasteiger partial charge in [0, 0.05) is 10.7 Å². The molecule has 1 atom stereocenters. The molecular formula is C15H17BrN2. The van der Waals surface area contributed by atoms with Crippen molar-refractivity contribution in [3.05, 3.63) is 63.9 Å². The summed E-state index contributed by atoms with van der Waals surface area (Å²) in [6.45, 7) is 2.11. The van der Waals surface area contributed by atoms with Crippen LogP contribution >= 0.6 is 15.9 Å². The van der Waals surface area contributed by atoms with E-state index in [0.717, 1.165) is 16.6 Å². The lowest BCUT2D eigenvalue weighted by atomic mass is 10.0. The summed E-state index contributed by atoms with van der Waals surface area (Å²) in [6.07, 6.45) is 2.80. The molecule has 0 radical (unpaired) electrons. The van der Waals surface area contributed by atoms with Crippen LogP contribution < -0.4 is 5.32 Å². The number of nitrogens with zero attached hydrogens (tertiary/aromatic N) is 1. The molecule has 94 valence electrons. The molecular weight excluding hydrogens is 288 g/mol. The fourth-order valence-electron chi connectivity index (χ4n) is 2.05. The van der Waals surface area contributed by atoms with Crippen molar-refractivity contribution in [2.24, 2.45) is 0 Å². The second-order valence-electron chi connectivity index (χ2n) is 4.38. The van der Waals surface area contributed by atoms with Crippen LogP contribution in [0, 0.1) is 6.92 Å². The molecule has 3 heteroatoms. The van der Waals surface area contributed by atoms with Gasteiger partial charge in [-0.25, -0.2) is 0 Å². The van der Waals surface area contributed by atoms with E-state index in [1.54, 1.807) is 0 Å². The second-order valence-corrected chi connectivity index (χ2v) is 5.29. The second kappa shape index (κ2) is 6.12. The summed E-state index contributed by atoms with van der Waals surface area (Å²) in [6, 6.07) is 12.8. The van der Waals surface area contributed by atoms with Crippen molar-refractivity contribution in [1.82, 2.24) is 10.3 Å². The van der Waals surface area contributed by atoms with Crippen molar-refractivity contribution in [2.75, 3.05) is 7.05 Å². The largest absolute Gasteiger partial charge is 0.311 e. The van der Waals surface area contributed by atoms with Crippen LogP contribution in [0.2, 0.25) is 0 Å². The number of pyridine rings is 1. The maximum Gasteiger partial charge on any atom is 0.0605 e. The van der Waals surface area contributed by atoms with Crippen LogP contribution in [0.25, 0.3) is 0 Å². The Morgan fingerprint density at radius 2 is 1.94 bits per heavy atom. The van der Waals surface area contributed by atoms with Crippen molar-refractivity contribution >= 4 is 15.9 Å². The molecule has 0 amide bonds. The zero-order valence-corrected chi connectivity index (χ0v) is 12.2. The third-order valence-corrected chi connectivity index (χ3v) is 3.61. The molecule has 2 nitrogen and oxygen atoms in total. The number of rotatable bonds is 4. The Hall–Kier alpha value is -1.19. The SMILES string of the molecule is CNC(Cc1ccc(Br)cc1)c1ncccc1C. The molecule has 2 aromatic rings. The van der Waals surface area contributed by atoms with Gasteiger partial charge in [0.2, 0.25) is 0 Å². The summed E-state index contributed by atoms with van der Waals surface area (Å²) < 4.78 is 1.11. The van der Waals surface area contributed by atoms with E-state index in [1.165, 1.54) is 11.1 Å². The Labute approximate surface area is 117 Å². The van der Waals surface area contributed by atoms with E-state index in [9.17, 15) is 0 Å². The quantitative estimate of drug-likeness (QED) is 0.932. The minimum absolute atomic E-state index is 0.257. The van der Waals surface area contributed by atoms with Gasteiger partial charge in [0.1, 0.15) is 0 Å². The number of halogens is 1. The Balaban J connectivity index is 2.20. The molecule has 0 saturated carbocycles. The van der Waals surface area contributed by atoms with Crippen LogP contribution in [0.4, 0.5) is 0 Å². The van der Waals surface area contributed by atoms with Crippen LogP contribution in [-0.4, -0.2) is 12.0 Å². The molecule has 2 rings (SSSR count). The Morgan fingerprint density at radius 3 is 2.56 bits per heavy atom. The van der Waals surface area contributed by atoms with Gasteiger partial charge < -0.3 is 5.32 Å². The van der Waals surface area contributed by atoms with Gasteiger partial charge >= 0.3 is 0 Å². The van der Waals surface area contributed by atoms with Gasteiger partial charge in [-0.15, -0.1) is 0 Å². The van der Waals surface area contributed by atoms with Crippen LogP contribution in [0.3, 0.4) is 0 Å². The van der Waals surface area contributed by atoms with Gasteiger partial charge in [0.05, 0.1) is 11.7 Å². The van der Waals surface area contributed by atoms with Gasteiger partial charge in [-0.2, -0.15) is 0 Å². The molecule has 0 aliphatic rings. The average Bonchev–Trinajstić information content (AvgIpc) is 2.39. The molecule has 0 fully saturated rings. The lowest BCUT2D eigenvalue weighted by molar-refractivity contribution is 0.572. The normalized spacial score (nSPS) is 12.4. The van der Waals surface area contributed by atoms with Gasteiger partial charge in [-0.1, -0.05) is 34.1 Å². The highest BCUT2D eigenvalue weighted by Crippen LogP contribution is 2.20. The van der Waals surface area contributed by atoms with Gasteiger partial charge in [-0.05, 0) is 49.7 Å². The number of hydrogen-bond acceptors (Lipinski definition) is 2. The molecule has 18 heavy (non-hydrogen) atoms. The van der Waals surface area contributed by atoms with Crippen LogP contribution in [-0.2, 0) is 6.42 Å². The lowest BCUT2D eigenvalue weighted by Gasteiger charge is -2.17. The highest BCUT2D eigenvalue weighted by Gasteiger charge is 2.13. The first-order valence-corrected chi connectivity index (χ1v) is 6.83. The molecule has 0 aliphatic carbocycles. The standard InChI is InChI=1S/C15H17BrN2/c1-11-4-3-9-18-15(11)14(17-2)10-12-5-7-13(16)8-6-12/h3-9,14,17H,10H2,1-2H3. The van der Waals surface area contributed by atoms with Gasteiger partial charge in [-0.3, -0.25) is 4.98 Å². The fourth-order valence-corrected chi connectivity index (χ4v) is 2.32. The first-order valence-electron chi connectivity index (χ1n) is 6.04. The number of aromatic nitrogens is 1. The minimum Gasteiger partial charge on any atom is -0.311 e. The third-order valence-electron chi connectivity index (χ3n) is 3.08. The van der Waals surface area contributed by atoms with Crippen LogP contribution in [0.15, 0.2) is 47.1 Å². The predicted octanol–water partition coefficient (Wildman–Crippen LogP) is 3.66. The molecule has 1 heterocycles. The zero-order chi connectivity index (χ0) is 13.0. The van der Waals surface area contributed by atoms with E-state index in [1.807, 2.05) is 19.3 Å². The Bertz CT molecular complexity index is 508. The van der Waals surface area contributed by atoms with Crippen molar-refractivity contribution in [3.63, 3.8) is 0 Å². The van der Waals surface area contributed by atoms with E-state index in [2.05, 4.69) is 63.5 Å². The number of nitrogens with one attached hydrogen (secondary N) is 1. The third kappa shape index (κ3) is 3.18. The summed E-state index contributed by atoms with van der Waals surface area (Å²) in [5.41, 5.74) is 3.67. The lowest BCUT2D eigenvalue weighted by Crippen LogP contribution is -2.21. The molecule has 1 N–H and O–H groups in total. The monoisotopic (exact) mass is 304 g/mol. The molecule has 0 bridgehead atoms. The summed E-state index contributed by atoms with van der Waals surface area (Å²) in [7, 11) is 1.98. The van der Waals surface area contributed by atoms with E-state index in [4.69, 9.17) is 0 Å². The maximum absolute atomic E-state index is 4.49. The topological polar surface area (TPSA) is 24.9 Å². The van der Waals surface area contributed by atoms with Crippen molar-refractivity contribution in [2.45, 2.75) is 19.4 Å². The summed E-state index contributed by atoms with van der Waals surface area (Å²) in [4.78, 5) is 4.49. The molecule has 0 saturated heterocycles. The maximum atomic E-state index is 4.49. The first-order chi connectivity index (χ1) is 8.70. The molecule has 0 spiro atoms. The van der Waals surface area contributed by atoms with Gasteiger partial charge in [0.25, 0.3) is 0 Å². The van der Waals surface area contributed by atoms with Gasteiger partial charge in [0.15, 0.2) is 0 Å². The predicted molar refractivity (Wildman–Crippen MR) is 78.6 cm³/mol. The molecule has 0 aliphatic heterocycles. The molecule has 1 unspecified atom stereocenters. The first kappa shape index (κ1) is 13.2. The highest BCUT2D eigenvalue weighted by molar-refractivity contribution is 9.10. The average molecular weight is 305 g/mol. The number of benzene rings is 1. The van der Waals surface area contributed by atoms with E-state index < -0.39 is 0 Å². The van der Waals surface area contributed by atoms with E-state index in [-0.39, 0.29) is 6.04 Å². The zero-order valence-electron chi connectivity index (χ0n) is 10.7. The molecule has 1 aromatic carbocycles. The van der Waals surface area contributed by atoms with Crippen molar-refractivity contribution in [3.8, 4) is 0 Å². The smallest absolute Gasteiger partial charge is 0.0605 e. The summed E-state index contributed by atoms with van der Waals surface area (Å²) in [5, 5.41) is 3.35. The minimum atomic E-state index is 0.257. The Morgan fingerprint density at radius 1 is 1.22 bits per heavy atom. The van der Waals surface area contributed by atoms with Crippen molar-refractivity contribution in [1.29, 1.82) is 0 Å². The fraction of sp³-hybridized carbons (Fsp3) is 0.267. The highest BCUT2D eigenvalue weighted by atomic mass is 79.9. The summed E-state index contributed by atoms with van der Waals surface area (Å²) in [5.74, 6) is 0. The number of likely N-dealkylation sites (N-methyl/N-ethyl adjacent to an activating group) is 1. The number of hydrogen-bond donors (Lipinski definition) is 1.